The second-order valence-electron chi connectivity index (χ2n) is 3.43. The Labute approximate surface area is 93.9 Å². The van der Waals surface area contributed by atoms with E-state index in [1.54, 1.807) is 23.3 Å². The van der Waals surface area contributed by atoms with E-state index in [0.717, 1.165) is 6.42 Å². The van der Waals surface area contributed by atoms with E-state index in [1.165, 1.54) is 10.4 Å². The van der Waals surface area contributed by atoms with Gasteiger partial charge in [-0.15, -0.1) is 11.3 Å². The summed E-state index contributed by atoms with van der Waals surface area (Å²) >= 11 is 1.71. The van der Waals surface area contributed by atoms with E-state index >= 15 is 0 Å². The van der Waals surface area contributed by atoms with Crippen molar-refractivity contribution in [1.82, 2.24) is 4.90 Å². The lowest BCUT2D eigenvalue weighted by atomic mass is 10.2. The molecule has 0 aliphatic rings. The quantitative estimate of drug-likeness (QED) is 0.781. The Bertz CT molecular complexity index is 378. The van der Waals surface area contributed by atoms with Crippen molar-refractivity contribution >= 4 is 17.2 Å². The number of nitriles is 1. The smallest absolute Gasteiger partial charge is 0.236 e. The van der Waals surface area contributed by atoms with Gasteiger partial charge in [0.15, 0.2) is 0 Å². The molecule has 0 aromatic carbocycles. The van der Waals surface area contributed by atoms with Crippen LogP contribution < -0.4 is 0 Å². The highest BCUT2D eigenvalue weighted by Gasteiger charge is 2.08. The summed E-state index contributed by atoms with van der Waals surface area (Å²) in [7, 11) is 1.74. The molecule has 0 aliphatic carbocycles. The van der Waals surface area contributed by atoms with Crippen molar-refractivity contribution in [2.45, 2.75) is 19.8 Å². The number of amides is 1. The van der Waals surface area contributed by atoms with Gasteiger partial charge >= 0.3 is 0 Å². The van der Waals surface area contributed by atoms with Gasteiger partial charge in [0.2, 0.25) is 5.91 Å². The van der Waals surface area contributed by atoms with Gasteiger partial charge in [0.25, 0.3) is 0 Å². The zero-order chi connectivity index (χ0) is 11.3. The van der Waals surface area contributed by atoms with Crippen LogP contribution in [0.5, 0.6) is 0 Å². The number of carbonyl (C=O) groups excluding carboxylic acids is 1. The summed E-state index contributed by atoms with van der Waals surface area (Å²) in [6.45, 7) is 2.75. The van der Waals surface area contributed by atoms with Crippen LogP contribution in [0.2, 0.25) is 0 Å². The van der Waals surface area contributed by atoms with Crippen LogP contribution in [0.3, 0.4) is 0 Å². The molecule has 1 heterocycles. The van der Waals surface area contributed by atoms with Crippen molar-refractivity contribution in [3.05, 3.63) is 21.9 Å². The molecule has 0 saturated heterocycles. The Hall–Kier alpha value is -1.34. The molecule has 1 aromatic heterocycles. The maximum Gasteiger partial charge on any atom is 0.236 e. The fraction of sp³-hybridized carbons (Fsp3) is 0.455. The van der Waals surface area contributed by atoms with Crippen LogP contribution in [0.4, 0.5) is 0 Å². The highest BCUT2D eigenvalue weighted by atomic mass is 32.1. The van der Waals surface area contributed by atoms with Gasteiger partial charge in [0.1, 0.15) is 6.42 Å². The first-order valence-electron chi connectivity index (χ1n) is 4.79. The molecule has 3 nitrogen and oxygen atoms in total. The molecule has 0 spiro atoms. The molecule has 0 saturated carbocycles. The summed E-state index contributed by atoms with van der Waals surface area (Å²) < 4.78 is 0. The van der Waals surface area contributed by atoms with Crippen LogP contribution in [0.15, 0.2) is 11.4 Å². The number of nitrogens with zero attached hydrogens (tertiary/aromatic N) is 2. The summed E-state index contributed by atoms with van der Waals surface area (Å²) in [5.41, 5.74) is 1.28. The van der Waals surface area contributed by atoms with Crippen LogP contribution in [-0.4, -0.2) is 24.4 Å². The maximum atomic E-state index is 11.3. The normalized spacial score (nSPS) is 9.67. The molecule has 0 fully saturated rings. The Morgan fingerprint density at radius 2 is 2.40 bits per heavy atom. The van der Waals surface area contributed by atoms with Gasteiger partial charge in [-0.25, -0.2) is 0 Å². The largest absolute Gasteiger partial charge is 0.345 e. The van der Waals surface area contributed by atoms with Gasteiger partial charge in [0, 0.05) is 18.5 Å². The fourth-order valence-corrected chi connectivity index (χ4v) is 2.16. The highest BCUT2D eigenvalue weighted by molar-refractivity contribution is 7.10. The van der Waals surface area contributed by atoms with Gasteiger partial charge in [-0.1, -0.05) is 0 Å². The monoisotopic (exact) mass is 222 g/mol. The number of thiophene rings is 1. The summed E-state index contributed by atoms with van der Waals surface area (Å²) in [5, 5.41) is 10.4. The van der Waals surface area contributed by atoms with E-state index in [9.17, 15) is 4.79 Å². The third kappa shape index (κ3) is 3.37. The van der Waals surface area contributed by atoms with Crippen LogP contribution in [0.25, 0.3) is 0 Å². The molecule has 1 rings (SSSR count). The average molecular weight is 222 g/mol. The van der Waals surface area contributed by atoms with Gasteiger partial charge in [-0.3, -0.25) is 4.79 Å². The molecule has 15 heavy (non-hydrogen) atoms. The van der Waals surface area contributed by atoms with Crippen molar-refractivity contribution in [2.24, 2.45) is 0 Å². The summed E-state index contributed by atoms with van der Waals surface area (Å²) in [4.78, 5) is 14.2. The van der Waals surface area contributed by atoms with E-state index in [2.05, 4.69) is 18.4 Å². The average Bonchev–Trinajstić information content (AvgIpc) is 2.61. The van der Waals surface area contributed by atoms with E-state index < -0.39 is 0 Å². The molecule has 0 unspecified atom stereocenters. The predicted molar refractivity (Wildman–Crippen MR) is 60.6 cm³/mol. The Balaban J connectivity index is 2.41. The lowest BCUT2D eigenvalue weighted by Gasteiger charge is -2.14. The van der Waals surface area contributed by atoms with Crippen LogP contribution >= 0.6 is 11.3 Å². The number of rotatable bonds is 4. The topological polar surface area (TPSA) is 44.1 Å². The van der Waals surface area contributed by atoms with Gasteiger partial charge in [-0.2, -0.15) is 5.26 Å². The summed E-state index contributed by atoms with van der Waals surface area (Å²) in [5.74, 6) is -0.105. The van der Waals surface area contributed by atoms with Crippen LogP contribution in [-0.2, 0) is 11.2 Å². The maximum absolute atomic E-state index is 11.3. The second-order valence-corrected chi connectivity index (χ2v) is 4.43. The molecule has 1 aromatic rings. The molecular weight excluding hydrogens is 208 g/mol. The van der Waals surface area contributed by atoms with E-state index in [1.807, 2.05) is 6.07 Å². The number of likely N-dealkylation sites (N-methyl/N-ethyl adjacent to an activating group) is 1. The first-order chi connectivity index (χ1) is 7.15. The van der Waals surface area contributed by atoms with Crippen LogP contribution in [0.1, 0.15) is 16.9 Å². The van der Waals surface area contributed by atoms with Gasteiger partial charge in [-0.05, 0) is 30.4 Å². The highest BCUT2D eigenvalue weighted by Crippen LogP contribution is 2.16. The molecule has 4 heteroatoms. The van der Waals surface area contributed by atoms with E-state index in [-0.39, 0.29) is 12.3 Å². The lowest BCUT2D eigenvalue weighted by Crippen LogP contribution is -2.28. The fourth-order valence-electron chi connectivity index (χ4n) is 1.26. The van der Waals surface area contributed by atoms with Crippen LogP contribution in [0, 0.1) is 18.3 Å². The first kappa shape index (κ1) is 11.7. The minimum absolute atomic E-state index is 0.0279. The van der Waals surface area contributed by atoms with Crippen molar-refractivity contribution in [3.63, 3.8) is 0 Å². The molecule has 0 atom stereocenters. The summed E-state index contributed by atoms with van der Waals surface area (Å²) in [6.07, 6.45) is 0.844. The minimum atomic E-state index is -0.105. The Kier molecular flexibility index (Phi) is 4.32. The second kappa shape index (κ2) is 5.52. The zero-order valence-electron chi connectivity index (χ0n) is 8.99. The van der Waals surface area contributed by atoms with Gasteiger partial charge < -0.3 is 4.90 Å². The third-order valence-electron chi connectivity index (χ3n) is 2.30. The van der Waals surface area contributed by atoms with Crippen molar-refractivity contribution in [2.75, 3.05) is 13.6 Å². The molecule has 1 amide bonds. The molecule has 80 valence electrons. The van der Waals surface area contributed by atoms with E-state index in [0.29, 0.717) is 6.54 Å². The number of aryl methyl sites for hydroxylation is 1. The molecule has 0 radical (unpaired) electrons. The molecule has 0 aliphatic heterocycles. The Morgan fingerprint density at radius 3 is 2.93 bits per heavy atom. The van der Waals surface area contributed by atoms with Crippen molar-refractivity contribution in [1.29, 1.82) is 5.26 Å². The zero-order valence-corrected chi connectivity index (χ0v) is 9.80. The van der Waals surface area contributed by atoms with Gasteiger partial charge in [0.05, 0.1) is 6.07 Å². The standard InChI is InChI=1S/C11H14N2OS/c1-9-5-8-15-10(9)4-7-13(2)11(14)3-6-12/h5,8H,3-4,7H2,1-2H3. The number of carbonyl (C=O) groups is 1. The number of hydrogen-bond acceptors (Lipinski definition) is 3. The predicted octanol–water partition coefficient (Wildman–Crippen LogP) is 1.97. The summed E-state index contributed by atoms with van der Waals surface area (Å²) in [6, 6.07) is 3.94. The molecule has 0 N–H and O–H groups in total. The molecular formula is C11H14N2OS. The van der Waals surface area contributed by atoms with Crippen molar-refractivity contribution in [3.8, 4) is 6.07 Å². The SMILES string of the molecule is Cc1ccsc1CCN(C)C(=O)CC#N. The Morgan fingerprint density at radius 1 is 1.67 bits per heavy atom. The van der Waals surface area contributed by atoms with Crippen molar-refractivity contribution < 1.29 is 4.79 Å². The first-order valence-corrected chi connectivity index (χ1v) is 5.67. The minimum Gasteiger partial charge on any atom is -0.345 e. The third-order valence-corrected chi connectivity index (χ3v) is 3.38. The lowest BCUT2D eigenvalue weighted by molar-refractivity contribution is -0.128. The molecule has 0 bridgehead atoms. The number of hydrogen-bond donors (Lipinski definition) is 0. The van der Waals surface area contributed by atoms with E-state index in [4.69, 9.17) is 5.26 Å².